The van der Waals surface area contributed by atoms with Gasteiger partial charge in [-0.25, -0.2) is 4.79 Å². The largest absolute Gasteiger partial charge is 0.493 e. The molecular weight excluding hydrogens is 284 g/mol. The number of carbonyl (C=O) groups excluding carboxylic acids is 1. The van der Waals surface area contributed by atoms with Gasteiger partial charge in [-0.2, -0.15) is 5.26 Å². The summed E-state index contributed by atoms with van der Waals surface area (Å²) in [7, 11) is 3.00. The van der Waals surface area contributed by atoms with E-state index in [1.165, 1.54) is 14.2 Å². The maximum absolute atomic E-state index is 11.6. The maximum atomic E-state index is 11.6. The molecule has 120 valence electrons. The zero-order valence-corrected chi connectivity index (χ0v) is 13.6. The van der Waals surface area contributed by atoms with Gasteiger partial charge in [-0.05, 0) is 44.9 Å². The zero-order valence-electron chi connectivity index (χ0n) is 13.6. The number of ether oxygens (including phenoxy) is 3. The fourth-order valence-electron chi connectivity index (χ4n) is 1.87. The maximum Gasteiger partial charge on any atom is 0.407 e. The summed E-state index contributed by atoms with van der Waals surface area (Å²) in [5.74, 6) is 0.905. The van der Waals surface area contributed by atoms with Gasteiger partial charge in [0.25, 0.3) is 0 Å². The topological polar surface area (TPSA) is 80.6 Å². The van der Waals surface area contributed by atoms with Crippen molar-refractivity contribution >= 4 is 6.09 Å². The Balaban J connectivity index is 2.71. The number of alkyl carbamates (subject to hydrolysis) is 1. The van der Waals surface area contributed by atoms with Crippen LogP contribution in [0.1, 0.15) is 31.9 Å². The van der Waals surface area contributed by atoms with Gasteiger partial charge in [0.2, 0.25) is 0 Å². The SMILES string of the molecule is COc1cc(CCNC(=O)OC(C)(C)C)cc(C#N)c1OC. The summed E-state index contributed by atoms with van der Waals surface area (Å²) in [5.41, 5.74) is 0.737. The van der Waals surface area contributed by atoms with Gasteiger partial charge in [0.1, 0.15) is 11.7 Å². The average Bonchev–Trinajstić information content (AvgIpc) is 2.44. The number of nitrogens with zero attached hydrogens (tertiary/aromatic N) is 1. The van der Waals surface area contributed by atoms with Gasteiger partial charge in [-0.1, -0.05) is 0 Å². The van der Waals surface area contributed by atoms with E-state index in [1.54, 1.807) is 32.9 Å². The first-order chi connectivity index (χ1) is 10.3. The second-order valence-electron chi connectivity index (χ2n) is 5.67. The molecule has 0 aliphatic heterocycles. The molecule has 0 aliphatic carbocycles. The molecule has 0 saturated heterocycles. The third-order valence-corrected chi connectivity index (χ3v) is 2.74. The van der Waals surface area contributed by atoms with Crippen molar-refractivity contribution in [3.05, 3.63) is 23.3 Å². The van der Waals surface area contributed by atoms with Crippen LogP contribution in [0.25, 0.3) is 0 Å². The van der Waals surface area contributed by atoms with Crippen LogP contribution in [-0.2, 0) is 11.2 Å². The fourth-order valence-corrected chi connectivity index (χ4v) is 1.87. The first kappa shape index (κ1) is 17.6. The lowest BCUT2D eigenvalue weighted by Gasteiger charge is -2.19. The number of rotatable bonds is 5. The second-order valence-corrected chi connectivity index (χ2v) is 5.67. The monoisotopic (exact) mass is 306 g/mol. The molecule has 1 aromatic carbocycles. The molecule has 0 bridgehead atoms. The second kappa shape index (κ2) is 7.55. The van der Waals surface area contributed by atoms with Crippen molar-refractivity contribution in [1.29, 1.82) is 5.26 Å². The van der Waals surface area contributed by atoms with Crippen LogP contribution >= 0.6 is 0 Å². The summed E-state index contributed by atoms with van der Waals surface area (Å²) < 4.78 is 15.6. The molecule has 22 heavy (non-hydrogen) atoms. The van der Waals surface area contributed by atoms with Gasteiger partial charge in [0.05, 0.1) is 19.8 Å². The zero-order chi connectivity index (χ0) is 16.8. The quantitative estimate of drug-likeness (QED) is 0.904. The average molecular weight is 306 g/mol. The van der Waals surface area contributed by atoms with E-state index in [0.717, 1.165) is 5.56 Å². The summed E-state index contributed by atoms with van der Waals surface area (Å²) >= 11 is 0. The summed E-state index contributed by atoms with van der Waals surface area (Å²) in [6.45, 7) is 5.82. The minimum absolute atomic E-state index is 0.397. The number of amides is 1. The highest BCUT2D eigenvalue weighted by Gasteiger charge is 2.16. The lowest BCUT2D eigenvalue weighted by molar-refractivity contribution is 0.0528. The van der Waals surface area contributed by atoms with E-state index >= 15 is 0 Å². The van der Waals surface area contributed by atoms with E-state index in [-0.39, 0.29) is 0 Å². The molecule has 0 spiro atoms. The third-order valence-electron chi connectivity index (χ3n) is 2.74. The van der Waals surface area contributed by atoms with E-state index in [2.05, 4.69) is 11.4 Å². The van der Waals surface area contributed by atoms with Crippen molar-refractivity contribution < 1.29 is 19.0 Å². The van der Waals surface area contributed by atoms with Gasteiger partial charge < -0.3 is 19.5 Å². The Morgan fingerprint density at radius 2 is 1.95 bits per heavy atom. The van der Waals surface area contributed by atoms with E-state index in [0.29, 0.717) is 30.0 Å². The number of nitrogens with one attached hydrogen (secondary N) is 1. The molecule has 0 atom stereocenters. The Morgan fingerprint density at radius 1 is 1.27 bits per heavy atom. The number of carbonyl (C=O) groups is 1. The standard InChI is InChI=1S/C16H22N2O4/c1-16(2,3)22-15(19)18-7-6-11-8-12(10-17)14(21-5)13(9-11)20-4/h8-9H,6-7H2,1-5H3,(H,18,19). The van der Waals surface area contributed by atoms with Crippen LogP contribution in [0.4, 0.5) is 4.79 Å². The van der Waals surface area contributed by atoms with E-state index in [1.807, 2.05) is 0 Å². The molecule has 0 aliphatic rings. The van der Waals surface area contributed by atoms with Crippen molar-refractivity contribution in [3.8, 4) is 17.6 Å². The summed E-state index contributed by atoms with van der Waals surface area (Å²) in [6, 6.07) is 5.58. The van der Waals surface area contributed by atoms with Gasteiger partial charge in [0.15, 0.2) is 11.5 Å². The van der Waals surface area contributed by atoms with Gasteiger partial charge in [-0.3, -0.25) is 0 Å². The molecule has 1 N–H and O–H groups in total. The minimum Gasteiger partial charge on any atom is -0.493 e. The lowest BCUT2D eigenvalue weighted by atomic mass is 10.1. The van der Waals surface area contributed by atoms with Crippen LogP contribution in [0, 0.1) is 11.3 Å². The number of hydrogen-bond acceptors (Lipinski definition) is 5. The molecule has 0 heterocycles. The Bertz CT molecular complexity index is 571. The summed E-state index contributed by atoms with van der Waals surface area (Å²) in [6.07, 6.45) is 0.0855. The number of benzene rings is 1. The molecule has 6 heteroatoms. The van der Waals surface area contributed by atoms with Crippen LogP contribution in [-0.4, -0.2) is 32.5 Å². The van der Waals surface area contributed by atoms with Gasteiger partial charge in [-0.15, -0.1) is 0 Å². The van der Waals surface area contributed by atoms with Crippen molar-refractivity contribution in [2.75, 3.05) is 20.8 Å². The number of hydrogen-bond donors (Lipinski definition) is 1. The summed E-state index contributed by atoms with van der Waals surface area (Å²) in [5, 5.41) is 11.8. The van der Waals surface area contributed by atoms with Crippen molar-refractivity contribution in [3.63, 3.8) is 0 Å². The predicted octanol–water partition coefficient (Wildman–Crippen LogP) is 2.64. The van der Waals surface area contributed by atoms with E-state index in [4.69, 9.17) is 19.5 Å². The lowest BCUT2D eigenvalue weighted by Crippen LogP contribution is -2.33. The van der Waals surface area contributed by atoms with Crippen LogP contribution in [0.3, 0.4) is 0 Å². The molecule has 6 nitrogen and oxygen atoms in total. The third kappa shape index (κ3) is 5.17. The molecule has 1 amide bonds. The van der Waals surface area contributed by atoms with Crippen LogP contribution < -0.4 is 14.8 Å². The highest BCUT2D eigenvalue weighted by molar-refractivity contribution is 5.67. The Morgan fingerprint density at radius 3 is 2.45 bits per heavy atom. The van der Waals surface area contributed by atoms with Gasteiger partial charge in [0, 0.05) is 6.54 Å². The Labute approximate surface area is 131 Å². The predicted molar refractivity (Wildman–Crippen MR) is 82.2 cm³/mol. The molecule has 0 aromatic heterocycles. The molecule has 0 saturated carbocycles. The van der Waals surface area contributed by atoms with Crippen molar-refractivity contribution in [2.45, 2.75) is 32.8 Å². The molecular formula is C16H22N2O4. The van der Waals surface area contributed by atoms with Crippen molar-refractivity contribution in [2.24, 2.45) is 0 Å². The van der Waals surface area contributed by atoms with E-state index < -0.39 is 11.7 Å². The Kier molecular flexibility index (Phi) is 6.05. The molecule has 1 rings (SSSR count). The molecule has 1 aromatic rings. The van der Waals surface area contributed by atoms with Crippen LogP contribution in [0.5, 0.6) is 11.5 Å². The van der Waals surface area contributed by atoms with Gasteiger partial charge >= 0.3 is 6.09 Å². The number of nitriles is 1. The Hall–Kier alpha value is -2.42. The summed E-state index contributed by atoms with van der Waals surface area (Å²) in [4.78, 5) is 11.6. The smallest absolute Gasteiger partial charge is 0.407 e. The normalized spacial score (nSPS) is 10.5. The minimum atomic E-state index is -0.526. The molecule has 0 unspecified atom stereocenters. The fraction of sp³-hybridized carbons (Fsp3) is 0.500. The van der Waals surface area contributed by atoms with Crippen LogP contribution in [0.2, 0.25) is 0 Å². The van der Waals surface area contributed by atoms with Crippen molar-refractivity contribution in [1.82, 2.24) is 5.32 Å². The molecule has 0 fully saturated rings. The van der Waals surface area contributed by atoms with Crippen LogP contribution in [0.15, 0.2) is 12.1 Å². The first-order valence-electron chi connectivity index (χ1n) is 6.92. The molecule has 0 radical (unpaired) electrons. The highest BCUT2D eigenvalue weighted by Crippen LogP contribution is 2.32. The number of methoxy groups -OCH3 is 2. The van der Waals surface area contributed by atoms with E-state index in [9.17, 15) is 4.79 Å². The first-order valence-corrected chi connectivity index (χ1v) is 6.92. The highest BCUT2D eigenvalue weighted by atomic mass is 16.6.